The van der Waals surface area contributed by atoms with Gasteiger partial charge in [-0.15, -0.1) is 0 Å². The van der Waals surface area contributed by atoms with Crippen molar-refractivity contribution in [1.29, 1.82) is 5.26 Å². The molecule has 0 spiro atoms. The van der Waals surface area contributed by atoms with Crippen molar-refractivity contribution < 1.29 is 8.78 Å². The average Bonchev–Trinajstić information content (AvgIpc) is 3.31. The van der Waals surface area contributed by atoms with Gasteiger partial charge in [0, 0.05) is 29.0 Å². The molecule has 0 unspecified atom stereocenters. The third-order valence-corrected chi connectivity index (χ3v) is 6.28. The number of hydrogen-bond donors (Lipinski definition) is 0. The zero-order valence-electron chi connectivity index (χ0n) is 16.4. The van der Waals surface area contributed by atoms with Crippen molar-refractivity contribution in [2.24, 2.45) is 0 Å². The molecule has 152 valence electrons. The minimum absolute atomic E-state index is 0.326. The van der Waals surface area contributed by atoms with Crippen LogP contribution in [0.2, 0.25) is 0 Å². The number of aromatic nitrogens is 3. The minimum Gasteiger partial charge on any atom is -0.305 e. The largest absolute Gasteiger partial charge is 0.305 e. The van der Waals surface area contributed by atoms with E-state index in [1.807, 2.05) is 42.6 Å². The van der Waals surface area contributed by atoms with E-state index in [1.165, 1.54) is 17.4 Å². The highest BCUT2D eigenvalue weighted by Crippen LogP contribution is 2.39. The average molecular weight is 488 g/mol. The molecule has 0 aliphatic heterocycles. The molecule has 0 amide bonds. The van der Waals surface area contributed by atoms with E-state index in [9.17, 15) is 14.0 Å². The molecule has 30 heavy (non-hydrogen) atoms. The predicted molar refractivity (Wildman–Crippen MR) is 118 cm³/mol. The van der Waals surface area contributed by atoms with Crippen LogP contribution in [0.3, 0.4) is 0 Å². The van der Waals surface area contributed by atoms with E-state index >= 15 is 0 Å². The fourth-order valence-electron chi connectivity index (χ4n) is 3.38. The smallest absolute Gasteiger partial charge is 0.192 e. The maximum Gasteiger partial charge on any atom is 0.192 e. The highest BCUT2D eigenvalue weighted by Gasteiger charge is 2.22. The SMILES string of the molecule is CCn1nc2c(C)cc(Br)cc2c1N(C)c1nc(-c2ccc(F)c(F)c2)c(C#N)s1. The highest BCUT2D eigenvalue weighted by atomic mass is 79.9. The quantitative estimate of drug-likeness (QED) is 0.345. The molecule has 0 atom stereocenters. The number of fused-ring (bicyclic) bond motifs is 1. The Labute approximate surface area is 184 Å². The predicted octanol–water partition coefficient (Wildman–Crippen LogP) is 6.17. The lowest BCUT2D eigenvalue weighted by atomic mass is 10.1. The zero-order chi connectivity index (χ0) is 21.6. The Bertz CT molecular complexity index is 1320. The van der Waals surface area contributed by atoms with Gasteiger partial charge in [-0.3, -0.25) is 0 Å². The normalized spacial score (nSPS) is 11.1. The first-order valence-corrected chi connectivity index (χ1v) is 10.7. The summed E-state index contributed by atoms with van der Waals surface area (Å²) in [5.74, 6) is -1.08. The third kappa shape index (κ3) is 3.36. The van der Waals surface area contributed by atoms with Crippen molar-refractivity contribution >= 4 is 49.1 Å². The lowest BCUT2D eigenvalue weighted by Gasteiger charge is -2.17. The van der Waals surface area contributed by atoms with E-state index in [4.69, 9.17) is 5.10 Å². The summed E-state index contributed by atoms with van der Waals surface area (Å²) in [5.41, 5.74) is 2.61. The molecule has 0 radical (unpaired) electrons. The first-order valence-electron chi connectivity index (χ1n) is 9.10. The summed E-state index contributed by atoms with van der Waals surface area (Å²) in [6.07, 6.45) is 0. The molecule has 0 saturated heterocycles. The molecule has 4 rings (SSSR count). The Kier molecular flexibility index (Phi) is 5.30. The summed E-state index contributed by atoms with van der Waals surface area (Å²) in [6.45, 7) is 4.66. The standard InChI is InChI=1S/C21H16BrF2N5S/c1-4-29-20(14-9-13(22)7-11(2)18(14)27-29)28(3)21-26-19(17(10-25)30-21)12-5-6-15(23)16(24)8-12/h5-9H,4H2,1-3H3. The second-order valence-corrected chi connectivity index (χ2v) is 8.63. The van der Waals surface area contributed by atoms with Gasteiger partial charge in [-0.1, -0.05) is 27.3 Å². The van der Waals surface area contributed by atoms with Crippen molar-refractivity contribution in [3.63, 3.8) is 0 Å². The first kappa shape index (κ1) is 20.4. The number of anilines is 2. The van der Waals surface area contributed by atoms with Crippen molar-refractivity contribution in [1.82, 2.24) is 14.8 Å². The number of aryl methyl sites for hydroxylation is 2. The second kappa shape index (κ2) is 7.78. The van der Waals surface area contributed by atoms with Crippen LogP contribution in [0.25, 0.3) is 22.2 Å². The maximum atomic E-state index is 13.7. The monoisotopic (exact) mass is 487 g/mol. The molecular formula is C21H16BrF2N5S. The van der Waals surface area contributed by atoms with Crippen LogP contribution in [-0.2, 0) is 6.54 Å². The van der Waals surface area contributed by atoms with Gasteiger partial charge in [0.05, 0.1) is 5.52 Å². The molecule has 2 heterocycles. The zero-order valence-corrected chi connectivity index (χ0v) is 18.8. The third-order valence-electron chi connectivity index (χ3n) is 4.79. The molecule has 0 aliphatic carbocycles. The van der Waals surface area contributed by atoms with Gasteiger partial charge < -0.3 is 4.90 Å². The van der Waals surface area contributed by atoms with Crippen molar-refractivity contribution in [3.05, 3.63) is 56.9 Å². The van der Waals surface area contributed by atoms with E-state index in [-0.39, 0.29) is 0 Å². The molecule has 2 aromatic carbocycles. The molecule has 0 bridgehead atoms. The Morgan fingerprint density at radius 2 is 2.00 bits per heavy atom. The number of benzene rings is 2. The van der Waals surface area contributed by atoms with Crippen molar-refractivity contribution in [2.75, 3.05) is 11.9 Å². The fourth-order valence-corrected chi connectivity index (χ4v) is 4.80. The number of rotatable bonds is 4. The van der Waals surface area contributed by atoms with Gasteiger partial charge in [0.25, 0.3) is 0 Å². The van der Waals surface area contributed by atoms with E-state index in [0.717, 1.165) is 38.9 Å². The van der Waals surface area contributed by atoms with Gasteiger partial charge in [0.2, 0.25) is 0 Å². The summed E-state index contributed by atoms with van der Waals surface area (Å²) in [7, 11) is 1.86. The Balaban J connectivity index is 1.87. The van der Waals surface area contributed by atoms with E-state index in [0.29, 0.717) is 27.8 Å². The Morgan fingerprint density at radius 3 is 2.67 bits per heavy atom. The summed E-state index contributed by atoms with van der Waals surface area (Å²) in [4.78, 5) is 6.79. The van der Waals surface area contributed by atoms with Crippen LogP contribution in [0.4, 0.5) is 19.7 Å². The molecule has 0 fully saturated rings. The van der Waals surface area contributed by atoms with Gasteiger partial charge in [0.1, 0.15) is 22.5 Å². The molecule has 5 nitrogen and oxygen atoms in total. The number of thiazole rings is 1. The number of nitriles is 1. The summed E-state index contributed by atoms with van der Waals surface area (Å²) < 4.78 is 29.9. The molecular weight excluding hydrogens is 472 g/mol. The van der Waals surface area contributed by atoms with Gasteiger partial charge in [-0.2, -0.15) is 10.4 Å². The maximum absolute atomic E-state index is 13.7. The van der Waals surface area contributed by atoms with Crippen LogP contribution in [0.1, 0.15) is 17.4 Å². The van der Waals surface area contributed by atoms with Crippen LogP contribution in [0.15, 0.2) is 34.8 Å². The van der Waals surface area contributed by atoms with Crippen LogP contribution in [-0.4, -0.2) is 21.8 Å². The van der Waals surface area contributed by atoms with Gasteiger partial charge in [-0.05, 0) is 49.7 Å². The van der Waals surface area contributed by atoms with E-state index in [2.05, 4.69) is 27.0 Å². The Morgan fingerprint density at radius 1 is 1.23 bits per heavy atom. The lowest BCUT2D eigenvalue weighted by Crippen LogP contribution is -2.15. The summed E-state index contributed by atoms with van der Waals surface area (Å²) >= 11 is 4.74. The van der Waals surface area contributed by atoms with Crippen LogP contribution < -0.4 is 4.90 Å². The van der Waals surface area contributed by atoms with Crippen LogP contribution >= 0.6 is 27.3 Å². The van der Waals surface area contributed by atoms with Gasteiger partial charge in [0.15, 0.2) is 16.8 Å². The van der Waals surface area contributed by atoms with Crippen molar-refractivity contribution in [3.8, 4) is 17.3 Å². The highest BCUT2D eigenvalue weighted by molar-refractivity contribution is 9.10. The second-order valence-electron chi connectivity index (χ2n) is 6.73. The molecule has 2 aromatic heterocycles. The number of hydrogen-bond acceptors (Lipinski definition) is 5. The fraction of sp³-hybridized carbons (Fsp3) is 0.190. The van der Waals surface area contributed by atoms with Crippen LogP contribution in [0.5, 0.6) is 0 Å². The summed E-state index contributed by atoms with van der Waals surface area (Å²) in [5, 5.41) is 15.8. The molecule has 0 N–H and O–H groups in total. The van der Waals surface area contributed by atoms with Gasteiger partial charge >= 0.3 is 0 Å². The van der Waals surface area contributed by atoms with Gasteiger partial charge in [-0.25, -0.2) is 18.4 Å². The van der Waals surface area contributed by atoms with E-state index < -0.39 is 11.6 Å². The Hall–Kier alpha value is -2.83. The number of nitrogens with zero attached hydrogens (tertiary/aromatic N) is 5. The van der Waals surface area contributed by atoms with Crippen molar-refractivity contribution in [2.45, 2.75) is 20.4 Å². The van der Waals surface area contributed by atoms with E-state index in [1.54, 1.807) is 0 Å². The molecule has 0 saturated carbocycles. The topological polar surface area (TPSA) is 57.7 Å². The molecule has 0 aliphatic rings. The first-order chi connectivity index (χ1) is 14.3. The van der Waals surface area contributed by atoms with Crippen LogP contribution in [0, 0.1) is 29.9 Å². The minimum atomic E-state index is -0.977. The summed E-state index contributed by atoms with van der Waals surface area (Å²) in [6, 6.07) is 9.64. The molecule has 9 heteroatoms. The lowest BCUT2D eigenvalue weighted by molar-refractivity contribution is 0.509. The molecule has 4 aromatic rings. The number of halogens is 3.